The van der Waals surface area contributed by atoms with Gasteiger partial charge in [-0.2, -0.15) is 0 Å². The maximum absolute atomic E-state index is 13.4. The van der Waals surface area contributed by atoms with Gasteiger partial charge < -0.3 is 4.65 Å². The molecule has 1 nitrogen and oxygen atoms in total. The lowest BCUT2D eigenvalue weighted by Crippen LogP contribution is -2.45. The Kier molecular flexibility index (Phi) is 4.32. The Balaban J connectivity index is 2.74. The van der Waals surface area contributed by atoms with Crippen molar-refractivity contribution in [2.75, 3.05) is 0 Å². The lowest BCUT2D eigenvalue weighted by molar-refractivity contribution is 0.0839. The standard InChI is InChI=1S/C12H17BF2OP/c1-11(2,12(3,4)17)16-13-9-6-5-8(14)7-10(9)15/h5-7H,17H2,1-4H3. The molecular weight excluding hydrogens is 240 g/mol. The second kappa shape index (κ2) is 5.03. The van der Waals surface area contributed by atoms with Gasteiger partial charge in [0, 0.05) is 11.2 Å². The zero-order valence-electron chi connectivity index (χ0n) is 10.6. The van der Waals surface area contributed by atoms with Crippen molar-refractivity contribution in [3.05, 3.63) is 29.8 Å². The van der Waals surface area contributed by atoms with Crippen molar-refractivity contribution in [2.24, 2.45) is 0 Å². The summed E-state index contributed by atoms with van der Waals surface area (Å²) in [6, 6.07) is 3.40. The number of rotatable bonds is 4. The molecule has 0 fully saturated rings. The minimum Gasteiger partial charge on any atom is -0.429 e. The molecule has 0 aliphatic carbocycles. The zero-order chi connectivity index (χ0) is 13.3. The maximum Gasteiger partial charge on any atom is 0.333 e. The van der Waals surface area contributed by atoms with Crippen LogP contribution in [0.25, 0.3) is 0 Å². The lowest BCUT2D eigenvalue weighted by atomic mass is 9.83. The summed E-state index contributed by atoms with van der Waals surface area (Å²) in [5, 5.41) is -0.167. The fourth-order valence-electron chi connectivity index (χ4n) is 0.960. The Morgan fingerprint density at radius 3 is 2.24 bits per heavy atom. The molecule has 0 amide bonds. The monoisotopic (exact) mass is 257 g/mol. The van der Waals surface area contributed by atoms with Crippen LogP contribution >= 0.6 is 9.24 Å². The summed E-state index contributed by atoms with van der Waals surface area (Å²) in [5.74, 6) is -1.22. The Hall–Kier alpha value is -0.465. The van der Waals surface area contributed by atoms with E-state index in [0.717, 1.165) is 6.07 Å². The van der Waals surface area contributed by atoms with Crippen molar-refractivity contribution >= 4 is 22.2 Å². The Morgan fingerprint density at radius 1 is 1.18 bits per heavy atom. The van der Waals surface area contributed by atoms with E-state index in [2.05, 4.69) is 9.24 Å². The van der Waals surface area contributed by atoms with Crippen LogP contribution in [-0.4, -0.2) is 18.2 Å². The van der Waals surface area contributed by atoms with Crippen LogP contribution in [0.4, 0.5) is 8.78 Å². The number of hydrogen-bond donors (Lipinski definition) is 0. The summed E-state index contributed by atoms with van der Waals surface area (Å²) < 4.78 is 31.7. The molecule has 1 atom stereocenters. The van der Waals surface area contributed by atoms with Gasteiger partial charge in [0.15, 0.2) is 0 Å². The fourth-order valence-corrected chi connectivity index (χ4v) is 1.03. The second-order valence-corrected chi connectivity index (χ2v) is 6.58. The lowest BCUT2D eigenvalue weighted by Gasteiger charge is -2.39. The minimum atomic E-state index is -0.623. The summed E-state index contributed by atoms with van der Waals surface area (Å²) in [7, 11) is 4.03. The molecule has 0 N–H and O–H groups in total. The molecule has 0 heterocycles. The topological polar surface area (TPSA) is 9.23 Å². The summed E-state index contributed by atoms with van der Waals surface area (Å²) in [6.45, 7) is 7.84. The fraction of sp³-hybridized carbons (Fsp3) is 0.500. The molecule has 17 heavy (non-hydrogen) atoms. The van der Waals surface area contributed by atoms with Gasteiger partial charge in [-0.15, -0.1) is 9.24 Å². The molecule has 1 radical (unpaired) electrons. The van der Waals surface area contributed by atoms with Gasteiger partial charge in [0.25, 0.3) is 0 Å². The average Bonchev–Trinajstić information content (AvgIpc) is 2.14. The summed E-state index contributed by atoms with van der Waals surface area (Å²) >= 11 is 0. The van der Waals surface area contributed by atoms with E-state index in [1.54, 1.807) is 0 Å². The van der Waals surface area contributed by atoms with Gasteiger partial charge in [-0.25, -0.2) is 8.78 Å². The van der Waals surface area contributed by atoms with E-state index < -0.39 is 17.2 Å². The van der Waals surface area contributed by atoms with Gasteiger partial charge in [-0.05, 0) is 25.4 Å². The normalized spacial score (nSPS) is 12.6. The summed E-state index contributed by atoms with van der Waals surface area (Å²) in [6.07, 6.45) is 0. The van der Waals surface area contributed by atoms with Crippen LogP contribution in [-0.2, 0) is 4.65 Å². The molecule has 0 saturated heterocycles. The molecule has 1 unspecified atom stereocenters. The Labute approximate surface area is 104 Å². The molecule has 93 valence electrons. The van der Waals surface area contributed by atoms with E-state index in [-0.39, 0.29) is 10.6 Å². The second-order valence-electron chi connectivity index (χ2n) is 5.13. The molecule has 0 aliphatic heterocycles. The largest absolute Gasteiger partial charge is 0.429 e. The van der Waals surface area contributed by atoms with Crippen LogP contribution in [0.2, 0.25) is 0 Å². The highest BCUT2D eigenvalue weighted by Crippen LogP contribution is 2.33. The average molecular weight is 257 g/mol. The van der Waals surface area contributed by atoms with Crippen molar-refractivity contribution in [1.82, 2.24) is 0 Å². The Morgan fingerprint density at radius 2 is 1.76 bits per heavy atom. The first-order valence-corrected chi connectivity index (χ1v) is 5.96. The third-order valence-electron chi connectivity index (χ3n) is 2.99. The van der Waals surface area contributed by atoms with Crippen LogP contribution < -0.4 is 5.46 Å². The van der Waals surface area contributed by atoms with Crippen LogP contribution in [0.3, 0.4) is 0 Å². The van der Waals surface area contributed by atoms with E-state index >= 15 is 0 Å². The first kappa shape index (κ1) is 14.6. The van der Waals surface area contributed by atoms with E-state index in [9.17, 15) is 8.78 Å². The van der Waals surface area contributed by atoms with E-state index in [0.29, 0.717) is 0 Å². The van der Waals surface area contributed by atoms with Crippen molar-refractivity contribution in [1.29, 1.82) is 0 Å². The molecular formula is C12H17BF2OP. The van der Waals surface area contributed by atoms with Crippen LogP contribution in [0, 0.1) is 11.6 Å². The van der Waals surface area contributed by atoms with E-state index in [1.807, 2.05) is 27.7 Å². The van der Waals surface area contributed by atoms with E-state index in [4.69, 9.17) is 4.65 Å². The molecule has 0 bridgehead atoms. The molecule has 0 aromatic heterocycles. The number of benzene rings is 1. The minimum absolute atomic E-state index is 0.167. The van der Waals surface area contributed by atoms with Gasteiger partial charge in [0.05, 0.1) is 5.60 Å². The van der Waals surface area contributed by atoms with Gasteiger partial charge in [-0.1, -0.05) is 19.9 Å². The quantitative estimate of drug-likeness (QED) is 0.595. The third kappa shape index (κ3) is 3.75. The SMILES string of the molecule is CC(C)(P)C(C)(C)O[B]c1ccc(F)cc1F. The summed E-state index contributed by atoms with van der Waals surface area (Å²) in [4.78, 5) is 0. The molecule has 0 saturated carbocycles. The third-order valence-corrected chi connectivity index (χ3v) is 3.69. The molecule has 5 heteroatoms. The molecule has 1 aromatic carbocycles. The first-order chi connectivity index (χ1) is 7.63. The maximum atomic E-state index is 13.4. The molecule has 1 rings (SSSR count). The van der Waals surface area contributed by atoms with Crippen LogP contribution in [0.1, 0.15) is 27.7 Å². The van der Waals surface area contributed by atoms with E-state index in [1.165, 1.54) is 19.6 Å². The summed E-state index contributed by atoms with van der Waals surface area (Å²) in [5.41, 5.74) is -0.230. The highest BCUT2D eigenvalue weighted by Gasteiger charge is 2.33. The van der Waals surface area contributed by atoms with Gasteiger partial charge >= 0.3 is 7.48 Å². The van der Waals surface area contributed by atoms with Gasteiger partial charge in [0.1, 0.15) is 11.6 Å². The predicted octanol–water partition coefficient (Wildman–Crippen LogP) is 2.66. The van der Waals surface area contributed by atoms with Gasteiger partial charge in [0.2, 0.25) is 0 Å². The molecule has 1 aromatic rings. The molecule has 0 aliphatic rings. The number of hydrogen-bond acceptors (Lipinski definition) is 1. The van der Waals surface area contributed by atoms with Crippen molar-refractivity contribution < 1.29 is 13.4 Å². The number of halogens is 2. The van der Waals surface area contributed by atoms with Crippen LogP contribution in [0.15, 0.2) is 18.2 Å². The first-order valence-electron chi connectivity index (χ1n) is 5.38. The smallest absolute Gasteiger partial charge is 0.333 e. The van der Waals surface area contributed by atoms with Crippen LogP contribution in [0.5, 0.6) is 0 Å². The zero-order valence-corrected chi connectivity index (χ0v) is 11.7. The Bertz CT molecular complexity index is 402. The predicted molar refractivity (Wildman–Crippen MR) is 70.7 cm³/mol. The molecule has 0 spiro atoms. The highest BCUT2D eigenvalue weighted by atomic mass is 31.0. The van der Waals surface area contributed by atoms with Gasteiger partial charge in [-0.3, -0.25) is 0 Å². The highest BCUT2D eigenvalue weighted by molar-refractivity contribution is 7.19. The van der Waals surface area contributed by atoms with Crippen molar-refractivity contribution in [2.45, 2.75) is 38.5 Å². The van der Waals surface area contributed by atoms with Crippen molar-refractivity contribution in [3.63, 3.8) is 0 Å². The van der Waals surface area contributed by atoms with Crippen molar-refractivity contribution in [3.8, 4) is 0 Å².